The van der Waals surface area contributed by atoms with Crippen LogP contribution in [-0.4, -0.2) is 34.1 Å². The molecular weight excluding hydrogens is 299 g/mol. The van der Waals surface area contributed by atoms with Crippen LogP contribution in [0, 0.1) is 5.82 Å². The molecule has 1 fully saturated rings. The van der Waals surface area contributed by atoms with Crippen LogP contribution in [0.25, 0.3) is 11.1 Å². The first-order chi connectivity index (χ1) is 11.3. The Kier molecular flexibility index (Phi) is 3.53. The molecule has 0 bridgehead atoms. The zero-order valence-corrected chi connectivity index (χ0v) is 12.4. The Labute approximate surface area is 131 Å². The quantitative estimate of drug-likeness (QED) is 0.741. The van der Waals surface area contributed by atoms with Crippen LogP contribution in [-0.2, 0) is 0 Å². The minimum Gasteiger partial charge on any atom is -0.460 e. The number of benzene rings is 1. The van der Waals surface area contributed by atoms with Crippen LogP contribution in [0.4, 0.5) is 10.4 Å². The first-order valence-corrected chi connectivity index (χ1v) is 7.53. The number of hydrogen-bond acceptors (Lipinski definition) is 6. The summed E-state index contributed by atoms with van der Waals surface area (Å²) in [4.78, 5) is 14.3. The van der Waals surface area contributed by atoms with Gasteiger partial charge >= 0.3 is 6.01 Å². The Balaban J connectivity index is 1.39. The average molecular weight is 314 g/mol. The van der Waals surface area contributed by atoms with Gasteiger partial charge in [-0.2, -0.15) is 4.98 Å². The first kappa shape index (κ1) is 13.9. The highest BCUT2D eigenvalue weighted by Crippen LogP contribution is 2.25. The fraction of sp³-hybridized carbons (Fsp3) is 0.312. The molecule has 118 valence electrons. The molecule has 1 aliphatic rings. The molecule has 0 spiro atoms. The van der Waals surface area contributed by atoms with Crippen LogP contribution < -0.4 is 9.64 Å². The number of ether oxygens (including phenoxy) is 1. The number of anilines is 1. The van der Waals surface area contributed by atoms with E-state index in [9.17, 15) is 4.39 Å². The van der Waals surface area contributed by atoms with Crippen molar-refractivity contribution in [3.05, 3.63) is 42.5 Å². The van der Waals surface area contributed by atoms with Crippen molar-refractivity contribution in [1.82, 2.24) is 15.0 Å². The first-order valence-electron chi connectivity index (χ1n) is 7.53. The van der Waals surface area contributed by atoms with Gasteiger partial charge in [0.1, 0.15) is 11.6 Å². The van der Waals surface area contributed by atoms with Crippen LogP contribution in [0.5, 0.6) is 6.01 Å². The van der Waals surface area contributed by atoms with Gasteiger partial charge in [0.05, 0.1) is 12.4 Å². The number of fused-ring (bicyclic) bond motifs is 1. The highest BCUT2D eigenvalue weighted by atomic mass is 19.1. The summed E-state index contributed by atoms with van der Waals surface area (Å²) in [5.41, 5.74) is 1.65. The van der Waals surface area contributed by atoms with E-state index in [-0.39, 0.29) is 12.1 Å². The maximum atomic E-state index is 12.8. The molecule has 1 aliphatic heterocycles. The highest BCUT2D eigenvalue weighted by molar-refractivity contribution is 5.74. The Morgan fingerprint density at radius 1 is 1.13 bits per heavy atom. The van der Waals surface area contributed by atoms with Crippen molar-refractivity contribution in [3.63, 3.8) is 0 Å². The molecule has 0 aliphatic carbocycles. The predicted octanol–water partition coefficient (Wildman–Crippen LogP) is 2.80. The van der Waals surface area contributed by atoms with Crippen LogP contribution in [0.3, 0.4) is 0 Å². The van der Waals surface area contributed by atoms with Gasteiger partial charge in [0.15, 0.2) is 11.4 Å². The van der Waals surface area contributed by atoms with E-state index in [0.717, 1.165) is 49.4 Å². The van der Waals surface area contributed by atoms with E-state index in [2.05, 4.69) is 19.9 Å². The van der Waals surface area contributed by atoms with Gasteiger partial charge in [-0.1, -0.05) is 12.1 Å². The van der Waals surface area contributed by atoms with Crippen molar-refractivity contribution >= 4 is 17.1 Å². The predicted molar refractivity (Wildman–Crippen MR) is 81.9 cm³/mol. The van der Waals surface area contributed by atoms with E-state index in [1.54, 1.807) is 0 Å². The molecular formula is C16H15FN4O2. The Morgan fingerprint density at radius 2 is 1.87 bits per heavy atom. The monoisotopic (exact) mass is 314 g/mol. The maximum absolute atomic E-state index is 12.8. The topological polar surface area (TPSA) is 64.3 Å². The van der Waals surface area contributed by atoms with E-state index in [4.69, 9.17) is 9.15 Å². The van der Waals surface area contributed by atoms with Gasteiger partial charge in [-0.05, 0) is 12.1 Å². The Morgan fingerprint density at radius 3 is 2.61 bits per heavy atom. The van der Waals surface area contributed by atoms with Crippen LogP contribution >= 0.6 is 0 Å². The minimum atomic E-state index is -0.469. The van der Waals surface area contributed by atoms with Crippen LogP contribution in [0.2, 0.25) is 0 Å². The molecule has 0 unspecified atom stereocenters. The van der Waals surface area contributed by atoms with Crippen molar-refractivity contribution in [2.24, 2.45) is 0 Å². The molecule has 3 heterocycles. The third kappa shape index (κ3) is 2.94. The molecule has 0 radical (unpaired) electrons. The van der Waals surface area contributed by atoms with Crippen molar-refractivity contribution in [2.45, 2.75) is 18.9 Å². The second kappa shape index (κ2) is 5.83. The SMILES string of the molecule is Fc1cnc(OC2CCN(c3nc4ccccc4o3)CC2)nc1. The second-order valence-electron chi connectivity index (χ2n) is 5.45. The summed E-state index contributed by atoms with van der Waals surface area (Å²) in [6, 6.07) is 8.57. The van der Waals surface area contributed by atoms with E-state index in [0.29, 0.717) is 6.01 Å². The van der Waals surface area contributed by atoms with Gasteiger partial charge in [0.25, 0.3) is 6.01 Å². The molecule has 6 nitrogen and oxygen atoms in total. The molecule has 2 aromatic heterocycles. The highest BCUT2D eigenvalue weighted by Gasteiger charge is 2.24. The molecule has 0 saturated carbocycles. The molecule has 3 aromatic rings. The lowest BCUT2D eigenvalue weighted by Gasteiger charge is -2.30. The standard InChI is InChI=1S/C16H15FN4O2/c17-11-9-18-15(19-10-11)22-12-5-7-21(8-6-12)16-20-13-3-1-2-4-14(13)23-16/h1-4,9-10,12H,5-8H2. The second-order valence-corrected chi connectivity index (χ2v) is 5.45. The zero-order valence-electron chi connectivity index (χ0n) is 12.4. The fourth-order valence-electron chi connectivity index (χ4n) is 2.67. The summed E-state index contributed by atoms with van der Waals surface area (Å²) in [5, 5.41) is 0. The molecule has 1 saturated heterocycles. The summed E-state index contributed by atoms with van der Waals surface area (Å²) in [6.07, 6.45) is 3.84. The van der Waals surface area contributed by atoms with Gasteiger partial charge in [0, 0.05) is 25.9 Å². The van der Waals surface area contributed by atoms with Crippen LogP contribution in [0.1, 0.15) is 12.8 Å². The lowest BCUT2D eigenvalue weighted by Crippen LogP contribution is -2.38. The number of hydrogen-bond donors (Lipinski definition) is 0. The number of oxazole rings is 1. The lowest BCUT2D eigenvalue weighted by molar-refractivity contribution is 0.154. The Hall–Kier alpha value is -2.70. The number of piperidine rings is 1. The average Bonchev–Trinajstić information content (AvgIpc) is 3.02. The number of rotatable bonds is 3. The number of nitrogens with zero attached hydrogens (tertiary/aromatic N) is 4. The number of halogens is 1. The summed E-state index contributed by atoms with van der Waals surface area (Å²) < 4.78 is 24.3. The van der Waals surface area contributed by atoms with E-state index < -0.39 is 5.82 Å². The van der Waals surface area contributed by atoms with E-state index in [1.807, 2.05) is 24.3 Å². The Bertz CT molecular complexity index is 764. The molecule has 0 atom stereocenters. The largest absolute Gasteiger partial charge is 0.460 e. The maximum Gasteiger partial charge on any atom is 0.316 e. The normalized spacial score (nSPS) is 16.0. The molecule has 0 amide bonds. The van der Waals surface area contributed by atoms with Crippen molar-refractivity contribution in [2.75, 3.05) is 18.0 Å². The zero-order chi connectivity index (χ0) is 15.6. The van der Waals surface area contributed by atoms with Crippen molar-refractivity contribution in [1.29, 1.82) is 0 Å². The summed E-state index contributed by atoms with van der Waals surface area (Å²) in [6.45, 7) is 1.55. The number of aromatic nitrogens is 3. The summed E-state index contributed by atoms with van der Waals surface area (Å²) in [7, 11) is 0. The third-order valence-electron chi connectivity index (χ3n) is 3.86. The van der Waals surface area contributed by atoms with Gasteiger partial charge in [-0.15, -0.1) is 0 Å². The minimum absolute atomic E-state index is 0.0149. The fourth-order valence-corrected chi connectivity index (χ4v) is 2.67. The van der Waals surface area contributed by atoms with Crippen molar-refractivity contribution < 1.29 is 13.5 Å². The molecule has 0 N–H and O–H groups in total. The van der Waals surface area contributed by atoms with Gasteiger partial charge in [0.2, 0.25) is 0 Å². The van der Waals surface area contributed by atoms with Gasteiger partial charge in [-0.25, -0.2) is 14.4 Å². The van der Waals surface area contributed by atoms with Crippen LogP contribution in [0.15, 0.2) is 41.1 Å². The number of para-hydroxylation sites is 2. The molecule has 23 heavy (non-hydrogen) atoms. The smallest absolute Gasteiger partial charge is 0.316 e. The van der Waals surface area contributed by atoms with E-state index >= 15 is 0 Å². The molecule has 1 aromatic carbocycles. The third-order valence-corrected chi connectivity index (χ3v) is 3.86. The molecule has 7 heteroatoms. The summed E-state index contributed by atoms with van der Waals surface area (Å²) in [5.74, 6) is -0.469. The molecule has 4 rings (SSSR count). The van der Waals surface area contributed by atoms with Gasteiger partial charge < -0.3 is 14.1 Å². The van der Waals surface area contributed by atoms with Crippen molar-refractivity contribution in [3.8, 4) is 6.01 Å². The van der Waals surface area contributed by atoms with E-state index in [1.165, 1.54) is 0 Å². The van der Waals surface area contributed by atoms with Gasteiger partial charge in [-0.3, -0.25) is 0 Å². The lowest BCUT2D eigenvalue weighted by atomic mass is 10.1. The summed E-state index contributed by atoms with van der Waals surface area (Å²) >= 11 is 0.